The molecule has 0 aromatic rings. The first kappa shape index (κ1) is 12.8. The molecule has 0 spiro atoms. The molecule has 0 amide bonds. The van der Waals surface area contributed by atoms with Gasteiger partial charge in [0.25, 0.3) is 0 Å². The second kappa shape index (κ2) is 5.69. The van der Waals surface area contributed by atoms with Gasteiger partial charge in [-0.2, -0.15) is 0 Å². The maximum Gasteiger partial charge on any atom is 0.169 e. The molecule has 1 heterocycles. The smallest absolute Gasteiger partial charge is 0.169 e. The predicted molar refractivity (Wildman–Crippen MR) is 70.0 cm³/mol. The van der Waals surface area contributed by atoms with Crippen LogP contribution in [0.3, 0.4) is 0 Å². The normalized spacial score (nSPS) is 21.5. The summed E-state index contributed by atoms with van der Waals surface area (Å²) in [5, 5.41) is 4.32. The number of nitrogens with one attached hydrogen (secondary N) is 1. The molecule has 3 heteroatoms. The summed E-state index contributed by atoms with van der Waals surface area (Å²) in [7, 11) is 0. The molecular formula is C12H24N2S. The molecule has 1 unspecified atom stereocenters. The van der Waals surface area contributed by atoms with Gasteiger partial charge in [-0.3, -0.25) is 0 Å². The van der Waals surface area contributed by atoms with Crippen LogP contribution in [0.2, 0.25) is 0 Å². The van der Waals surface area contributed by atoms with Crippen molar-refractivity contribution in [3.8, 4) is 0 Å². The van der Waals surface area contributed by atoms with Gasteiger partial charge in [0.05, 0.1) is 0 Å². The van der Waals surface area contributed by atoms with Crippen LogP contribution in [0.25, 0.3) is 0 Å². The van der Waals surface area contributed by atoms with Gasteiger partial charge in [-0.1, -0.05) is 27.7 Å². The fourth-order valence-corrected chi connectivity index (χ4v) is 2.44. The van der Waals surface area contributed by atoms with E-state index in [1.165, 1.54) is 12.8 Å². The molecule has 2 nitrogen and oxygen atoms in total. The molecule has 15 heavy (non-hydrogen) atoms. The van der Waals surface area contributed by atoms with Crippen molar-refractivity contribution in [1.29, 1.82) is 0 Å². The van der Waals surface area contributed by atoms with Gasteiger partial charge in [0.15, 0.2) is 5.11 Å². The highest BCUT2D eigenvalue weighted by molar-refractivity contribution is 7.80. The summed E-state index contributed by atoms with van der Waals surface area (Å²) in [4.78, 5) is 2.38. The van der Waals surface area contributed by atoms with Crippen molar-refractivity contribution in [2.24, 2.45) is 11.8 Å². The van der Waals surface area contributed by atoms with Gasteiger partial charge in [0.1, 0.15) is 0 Å². The number of rotatable bonds is 3. The molecule has 0 aromatic carbocycles. The Morgan fingerprint density at radius 1 is 1.40 bits per heavy atom. The standard InChI is InChI=1S/C12H24N2S/c1-9(2)8-13-12(15)14-7-5-6-11(14)10(3)4/h9-11H,5-8H2,1-4H3,(H,13,15). The lowest BCUT2D eigenvalue weighted by Crippen LogP contribution is -2.45. The van der Waals surface area contributed by atoms with E-state index in [9.17, 15) is 0 Å². The second-order valence-corrected chi connectivity index (χ2v) is 5.61. The molecule has 0 radical (unpaired) electrons. The van der Waals surface area contributed by atoms with E-state index in [-0.39, 0.29) is 0 Å². The van der Waals surface area contributed by atoms with Crippen LogP contribution in [0.4, 0.5) is 0 Å². The lowest BCUT2D eigenvalue weighted by Gasteiger charge is -2.30. The monoisotopic (exact) mass is 228 g/mol. The van der Waals surface area contributed by atoms with Gasteiger partial charge in [-0.05, 0) is 36.9 Å². The molecule has 88 valence electrons. The summed E-state index contributed by atoms with van der Waals surface area (Å²) in [5.41, 5.74) is 0. The van der Waals surface area contributed by atoms with Gasteiger partial charge >= 0.3 is 0 Å². The van der Waals surface area contributed by atoms with Crippen LogP contribution in [0.5, 0.6) is 0 Å². The molecular weight excluding hydrogens is 204 g/mol. The summed E-state index contributed by atoms with van der Waals surface area (Å²) in [6.07, 6.45) is 2.58. The molecule has 1 fully saturated rings. The van der Waals surface area contributed by atoms with E-state index in [0.29, 0.717) is 17.9 Å². The van der Waals surface area contributed by atoms with Gasteiger partial charge in [-0.15, -0.1) is 0 Å². The Bertz CT molecular complexity index is 214. The Morgan fingerprint density at radius 3 is 2.60 bits per heavy atom. The van der Waals surface area contributed by atoms with E-state index in [1.807, 2.05) is 0 Å². The third-order valence-electron chi connectivity index (χ3n) is 2.99. The van der Waals surface area contributed by atoms with E-state index >= 15 is 0 Å². The van der Waals surface area contributed by atoms with Gasteiger partial charge < -0.3 is 10.2 Å². The summed E-state index contributed by atoms with van der Waals surface area (Å²) in [6.45, 7) is 11.1. The Balaban J connectivity index is 2.44. The van der Waals surface area contributed by atoms with Crippen LogP contribution in [-0.2, 0) is 0 Å². The van der Waals surface area contributed by atoms with Gasteiger partial charge in [0.2, 0.25) is 0 Å². The number of hydrogen-bond donors (Lipinski definition) is 1. The molecule has 0 aromatic heterocycles. The number of hydrogen-bond acceptors (Lipinski definition) is 1. The molecule has 1 rings (SSSR count). The number of likely N-dealkylation sites (tertiary alicyclic amines) is 1. The fourth-order valence-electron chi connectivity index (χ4n) is 2.13. The van der Waals surface area contributed by atoms with Crippen LogP contribution in [0.1, 0.15) is 40.5 Å². The Morgan fingerprint density at radius 2 is 2.07 bits per heavy atom. The second-order valence-electron chi connectivity index (χ2n) is 5.23. The molecule has 0 bridgehead atoms. The highest BCUT2D eigenvalue weighted by Crippen LogP contribution is 2.23. The van der Waals surface area contributed by atoms with Gasteiger partial charge in [-0.25, -0.2) is 0 Å². The van der Waals surface area contributed by atoms with Crippen molar-refractivity contribution >= 4 is 17.3 Å². The van der Waals surface area contributed by atoms with E-state index in [4.69, 9.17) is 12.2 Å². The summed E-state index contributed by atoms with van der Waals surface area (Å²) >= 11 is 5.44. The Hall–Kier alpha value is -0.310. The lowest BCUT2D eigenvalue weighted by molar-refractivity contribution is 0.304. The molecule has 1 saturated heterocycles. The van der Waals surface area contributed by atoms with E-state index in [0.717, 1.165) is 18.2 Å². The number of thiocarbonyl (C=S) groups is 1. The van der Waals surface area contributed by atoms with E-state index < -0.39 is 0 Å². The Labute approximate surface area is 99.4 Å². The van der Waals surface area contributed by atoms with Crippen molar-refractivity contribution < 1.29 is 0 Å². The zero-order valence-corrected chi connectivity index (χ0v) is 11.2. The topological polar surface area (TPSA) is 15.3 Å². The zero-order valence-electron chi connectivity index (χ0n) is 10.4. The first-order valence-electron chi connectivity index (χ1n) is 6.06. The lowest BCUT2D eigenvalue weighted by atomic mass is 10.0. The maximum atomic E-state index is 5.44. The van der Waals surface area contributed by atoms with Crippen molar-refractivity contribution in [2.75, 3.05) is 13.1 Å². The van der Waals surface area contributed by atoms with Crippen molar-refractivity contribution in [2.45, 2.75) is 46.6 Å². The largest absolute Gasteiger partial charge is 0.362 e. The first-order valence-corrected chi connectivity index (χ1v) is 6.47. The van der Waals surface area contributed by atoms with Gasteiger partial charge in [0, 0.05) is 19.1 Å². The molecule has 0 saturated carbocycles. The van der Waals surface area contributed by atoms with Crippen LogP contribution >= 0.6 is 12.2 Å². The average Bonchev–Trinajstić information content (AvgIpc) is 2.62. The summed E-state index contributed by atoms with van der Waals surface area (Å²) < 4.78 is 0. The molecule has 1 atom stereocenters. The maximum absolute atomic E-state index is 5.44. The minimum atomic E-state index is 0.650. The Kier molecular flexibility index (Phi) is 4.84. The fraction of sp³-hybridized carbons (Fsp3) is 0.917. The van der Waals surface area contributed by atoms with Crippen LogP contribution in [0, 0.1) is 11.8 Å². The highest BCUT2D eigenvalue weighted by Gasteiger charge is 2.28. The quantitative estimate of drug-likeness (QED) is 0.748. The SMILES string of the molecule is CC(C)CNC(=S)N1CCCC1C(C)C. The van der Waals surface area contributed by atoms with Crippen molar-refractivity contribution in [3.63, 3.8) is 0 Å². The summed E-state index contributed by atoms with van der Waals surface area (Å²) in [6, 6.07) is 0.650. The summed E-state index contributed by atoms with van der Waals surface area (Å²) in [5.74, 6) is 1.36. The predicted octanol–water partition coefficient (Wildman–Crippen LogP) is 2.64. The zero-order chi connectivity index (χ0) is 11.4. The van der Waals surface area contributed by atoms with Crippen LogP contribution in [-0.4, -0.2) is 29.1 Å². The van der Waals surface area contributed by atoms with Crippen LogP contribution in [0.15, 0.2) is 0 Å². The third kappa shape index (κ3) is 3.63. The third-order valence-corrected chi connectivity index (χ3v) is 3.37. The minimum Gasteiger partial charge on any atom is -0.362 e. The molecule has 1 N–H and O–H groups in total. The molecule has 1 aliphatic rings. The van der Waals surface area contributed by atoms with Crippen LogP contribution < -0.4 is 5.32 Å². The van der Waals surface area contributed by atoms with Crippen molar-refractivity contribution in [3.05, 3.63) is 0 Å². The first-order chi connectivity index (χ1) is 7.02. The molecule has 1 aliphatic heterocycles. The van der Waals surface area contributed by atoms with E-state index in [1.54, 1.807) is 0 Å². The molecule has 0 aliphatic carbocycles. The highest BCUT2D eigenvalue weighted by atomic mass is 32.1. The average molecular weight is 228 g/mol. The van der Waals surface area contributed by atoms with E-state index in [2.05, 4.69) is 37.9 Å². The van der Waals surface area contributed by atoms with Crippen molar-refractivity contribution in [1.82, 2.24) is 10.2 Å². The number of nitrogens with zero attached hydrogens (tertiary/aromatic N) is 1. The minimum absolute atomic E-state index is 0.650.